The average Bonchev–Trinajstić information content (AvgIpc) is 3.23. The zero-order valence-corrected chi connectivity index (χ0v) is 21.1. The Morgan fingerprint density at radius 1 is 0.829 bits per heavy atom. The Morgan fingerprint density at radius 3 is 1.80 bits per heavy atom. The molecule has 16 heteroatoms. The fourth-order valence-electron chi connectivity index (χ4n) is 3.34. The van der Waals surface area contributed by atoms with Crippen LogP contribution >= 0.6 is 22.6 Å². The minimum atomic E-state index is -4.91. The predicted octanol–water partition coefficient (Wildman–Crippen LogP) is 2.64. The molecule has 13 nitrogen and oxygen atoms in total. The third-order valence-corrected chi connectivity index (χ3v) is 7.43. The summed E-state index contributed by atoms with van der Waals surface area (Å²) in [5.74, 6) is 0. The Labute approximate surface area is 213 Å². The van der Waals surface area contributed by atoms with Gasteiger partial charge in [0.25, 0.3) is 25.9 Å². The van der Waals surface area contributed by atoms with Gasteiger partial charge in [-0.25, -0.2) is 10.2 Å². The summed E-state index contributed by atoms with van der Waals surface area (Å²) in [6, 6.07) is 15.5. The van der Waals surface area contributed by atoms with E-state index in [4.69, 9.17) is 0 Å². The number of rotatable bonds is 6. The minimum Gasteiger partial charge on any atom is -0.282 e. The summed E-state index contributed by atoms with van der Waals surface area (Å²) in [7, 11) is -9.65. The third kappa shape index (κ3) is 5.37. The summed E-state index contributed by atoms with van der Waals surface area (Å²) in [5.41, 5.74) is 6.87. The number of hydrazine groups is 3. The summed E-state index contributed by atoms with van der Waals surface area (Å²) >= 11 is 2.13. The van der Waals surface area contributed by atoms with Gasteiger partial charge in [0.15, 0.2) is 0 Å². The lowest BCUT2D eigenvalue weighted by atomic mass is 10.2. The first kappa shape index (κ1) is 25.2. The summed E-state index contributed by atoms with van der Waals surface area (Å²) in [6.07, 6.45) is -1.02. The van der Waals surface area contributed by atoms with E-state index in [0.717, 1.165) is 15.7 Å². The van der Waals surface area contributed by atoms with Gasteiger partial charge in [-0.3, -0.25) is 19.2 Å². The van der Waals surface area contributed by atoms with Gasteiger partial charge in [-0.2, -0.15) is 27.7 Å². The van der Waals surface area contributed by atoms with Crippen molar-refractivity contribution in [3.8, 4) is 0 Å². The van der Waals surface area contributed by atoms with Crippen molar-refractivity contribution in [2.45, 2.75) is 16.0 Å². The molecule has 4 N–H and O–H groups in total. The first-order valence-electron chi connectivity index (χ1n) is 9.56. The van der Waals surface area contributed by atoms with Crippen LogP contribution in [0.5, 0.6) is 0 Å². The van der Waals surface area contributed by atoms with E-state index in [-0.39, 0.29) is 11.3 Å². The van der Waals surface area contributed by atoms with Crippen LogP contribution in [0.4, 0.5) is 17.1 Å². The van der Waals surface area contributed by atoms with Crippen molar-refractivity contribution in [2.75, 3.05) is 10.2 Å². The lowest BCUT2D eigenvalue weighted by Crippen LogP contribution is -2.45. The Kier molecular flexibility index (Phi) is 6.70. The van der Waals surface area contributed by atoms with Crippen molar-refractivity contribution < 1.29 is 30.9 Å². The molecule has 1 unspecified atom stereocenters. The number of hydrogen-bond acceptors (Lipinski definition) is 10. The van der Waals surface area contributed by atoms with Crippen molar-refractivity contribution in [1.82, 2.24) is 10.9 Å². The molecule has 1 aliphatic heterocycles. The normalized spacial score (nSPS) is 16.5. The fourth-order valence-corrected chi connectivity index (χ4v) is 5.04. The number of anilines is 2. The highest BCUT2D eigenvalue weighted by atomic mass is 127. The monoisotopic (exact) mass is 633 g/mol. The van der Waals surface area contributed by atoms with Crippen LogP contribution in [-0.4, -0.2) is 30.9 Å². The van der Waals surface area contributed by atoms with E-state index in [1.54, 1.807) is 12.1 Å². The van der Waals surface area contributed by atoms with Crippen LogP contribution < -0.4 is 21.1 Å². The van der Waals surface area contributed by atoms with Crippen molar-refractivity contribution in [1.29, 1.82) is 0 Å². The van der Waals surface area contributed by atoms with Crippen molar-refractivity contribution in [3.63, 3.8) is 0 Å². The van der Waals surface area contributed by atoms with Gasteiger partial charge in [0.1, 0.15) is 11.1 Å². The zero-order chi connectivity index (χ0) is 25.5. The SMILES string of the molecule is O=[N+]([O-])c1ccc(N2NC(c3ccc(S(=O)(=O)O)cc3S(=O)(=O)O)NN2c2ccc(I)cc2)cc1. The maximum absolute atomic E-state index is 12.1. The Bertz CT molecular complexity index is 1500. The lowest BCUT2D eigenvalue weighted by Gasteiger charge is -2.29. The van der Waals surface area contributed by atoms with Crippen LogP contribution in [0.25, 0.3) is 0 Å². The summed E-state index contributed by atoms with van der Waals surface area (Å²) in [5, 5.41) is 14.0. The van der Waals surface area contributed by atoms with E-state index in [1.807, 2.05) is 12.1 Å². The molecule has 1 fully saturated rings. The maximum Gasteiger partial charge on any atom is 0.294 e. The average molecular weight is 633 g/mol. The number of hydrogen-bond donors (Lipinski definition) is 4. The topological polar surface area (TPSA) is 182 Å². The molecule has 0 radical (unpaired) electrons. The summed E-state index contributed by atoms with van der Waals surface area (Å²) in [4.78, 5) is 9.02. The molecule has 184 valence electrons. The van der Waals surface area contributed by atoms with Crippen molar-refractivity contribution >= 4 is 59.9 Å². The van der Waals surface area contributed by atoms with Gasteiger partial charge in [0.2, 0.25) is 0 Å². The Balaban J connectivity index is 1.80. The van der Waals surface area contributed by atoms with Crippen LogP contribution in [0, 0.1) is 13.7 Å². The van der Waals surface area contributed by atoms with Gasteiger partial charge >= 0.3 is 0 Å². The Hall–Kier alpha value is -2.87. The number of nitro benzene ring substituents is 1. The maximum atomic E-state index is 12.1. The highest BCUT2D eigenvalue weighted by Crippen LogP contribution is 2.32. The van der Waals surface area contributed by atoms with Crippen LogP contribution in [0.3, 0.4) is 0 Å². The first-order valence-corrected chi connectivity index (χ1v) is 13.5. The van der Waals surface area contributed by atoms with E-state index in [0.29, 0.717) is 17.4 Å². The molecule has 3 aromatic rings. The van der Waals surface area contributed by atoms with Crippen LogP contribution in [0.15, 0.2) is 76.5 Å². The molecule has 35 heavy (non-hydrogen) atoms. The molecule has 0 bridgehead atoms. The van der Waals surface area contributed by atoms with Crippen LogP contribution in [0.1, 0.15) is 11.7 Å². The molecule has 4 rings (SSSR count). The molecule has 0 aliphatic carbocycles. The second-order valence-corrected chi connectivity index (χ2v) is 11.3. The van der Waals surface area contributed by atoms with E-state index in [2.05, 4.69) is 33.4 Å². The number of halogens is 1. The second kappa shape index (κ2) is 9.30. The molecule has 1 aliphatic rings. The molecular weight excluding hydrogens is 617 g/mol. The first-order chi connectivity index (χ1) is 16.3. The largest absolute Gasteiger partial charge is 0.294 e. The number of benzene rings is 3. The number of non-ortho nitro benzene ring substituents is 1. The van der Waals surface area contributed by atoms with E-state index >= 15 is 0 Å². The molecule has 1 atom stereocenters. The van der Waals surface area contributed by atoms with Gasteiger partial charge in [-0.15, -0.1) is 0 Å². The summed E-state index contributed by atoms with van der Waals surface area (Å²) in [6.45, 7) is 0. The standard InChI is InChI=1S/C19H16IN5O8S2/c20-12-1-3-13(4-2-12)23-21-19(22-24(23)14-5-7-15(8-6-14)25(26)27)17-10-9-16(34(28,29)30)11-18(17)35(31,32)33/h1-11,19,21-22H,(H,28,29,30)(H,31,32,33). The minimum absolute atomic E-state index is 0.0557. The molecule has 0 aromatic heterocycles. The number of nitro groups is 1. The van der Waals surface area contributed by atoms with Gasteiger partial charge in [-0.05, 0) is 71.1 Å². The van der Waals surface area contributed by atoms with E-state index in [9.17, 15) is 36.1 Å². The Morgan fingerprint density at radius 2 is 1.34 bits per heavy atom. The van der Waals surface area contributed by atoms with Gasteiger partial charge < -0.3 is 0 Å². The van der Waals surface area contributed by atoms with Crippen LogP contribution in [0.2, 0.25) is 0 Å². The molecule has 0 amide bonds. The molecule has 3 aromatic carbocycles. The van der Waals surface area contributed by atoms with Gasteiger partial charge in [-0.1, -0.05) is 6.07 Å². The van der Waals surface area contributed by atoms with Crippen molar-refractivity contribution in [3.05, 3.63) is 86.0 Å². The van der Waals surface area contributed by atoms with Gasteiger partial charge in [0.05, 0.1) is 21.2 Å². The van der Waals surface area contributed by atoms with Gasteiger partial charge in [0, 0.05) is 21.3 Å². The number of nitrogens with one attached hydrogen (secondary N) is 2. The zero-order valence-electron chi connectivity index (χ0n) is 17.3. The van der Waals surface area contributed by atoms with Crippen molar-refractivity contribution in [2.24, 2.45) is 0 Å². The predicted molar refractivity (Wildman–Crippen MR) is 132 cm³/mol. The molecule has 1 heterocycles. The molecular formula is C19H16IN5O8S2. The highest BCUT2D eigenvalue weighted by molar-refractivity contribution is 14.1. The molecule has 0 saturated carbocycles. The lowest BCUT2D eigenvalue weighted by molar-refractivity contribution is -0.384. The highest BCUT2D eigenvalue weighted by Gasteiger charge is 2.35. The smallest absolute Gasteiger partial charge is 0.282 e. The number of nitrogens with zero attached hydrogens (tertiary/aromatic N) is 3. The van der Waals surface area contributed by atoms with Crippen LogP contribution in [-0.2, 0) is 20.2 Å². The summed E-state index contributed by atoms with van der Waals surface area (Å²) < 4.78 is 67.1. The molecule has 0 spiro atoms. The van der Waals surface area contributed by atoms with E-state index < -0.39 is 41.1 Å². The molecule has 1 saturated heterocycles. The quantitative estimate of drug-likeness (QED) is 0.135. The second-order valence-electron chi connectivity index (χ2n) is 7.21. The van der Waals surface area contributed by atoms with E-state index in [1.165, 1.54) is 34.5 Å². The fraction of sp³-hybridized carbons (Fsp3) is 0.0526. The third-order valence-electron chi connectivity index (χ3n) is 4.95.